The van der Waals surface area contributed by atoms with E-state index in [4.69, 9.17) is 4.98 Å². The minimum absolute atomic E-state index is 0.213. The van der Waals surface area contributed by atoms with Crippen LogP contribution in [0.3, 0.4) is 0 Å². The average molecular weight is 293 g/mol. The van der Waals surface area contributed by atoms with Gasteiger partial charge in [0.25, 0.3) is 0 Å². The second kappa shape index (κ2) is 5.32. The molecule has 102 valence electrons. The molecule has 0 atom stereocenters. The number of aromatic nitrogens is 1. The second-order valence-electron chi connectivity index (χ2n) is 5.68. The van der Waals surface area contributed by atoms with Gasteiger partial charge in [-0.05, 0) is 25.3 Å². The number of thiophene rings is 1. The first kappa shape index (κ1) is 13.2. The summed E-state index contributed by atoms with van der Waals surface area (Å²) in [6.07, 6.45) is 0. The molecule has 0 radical (unpaired) electrons. The fourth-order valence-electron chi connectivity index (χ4n) is 2.51. The van der Waals surface area contributed by atoms with E-state index in [1.165, 1.54) is 11.3 Å². The van der Waals surface area contributed by atoms with Crippen LogP contribution in [-0.2, 0) is 6.54 Å². The van der Waals surface area contributed by atoms with Gasteiger partial charge in [0.15, 0.2) is 0 Å². The van der Waals surface area contributed by atoms with Gasteiger partial charge in [0.05, 0.1) is 5.69 Å². The normalized spacial score (nSPS) is 19.7. The van der Waals surface area contributed by atoms with Crippen LogP contribution in [0.4, 0.5) is 0 Å². The Morgan fingerprint density at radius 1 is 1.42 bits per heavy atom. The minimum Gasteiger partial charge on any atom is -0.309 e. The molecule has 1 saturated heterocycles. The highest BCUT2D eigenvalue weighted by Crippen LogP contribution is 2.26. The van der Waals surface area contributed by atoms with Gasteiger partial charge in [0.2, 0.25) is 0 Å². The summed E-state index contributed by atoms with van der Waals surface area (Å²) < 4.78 is 0. The van der Waals surface area contributed by atoms with Crippen molar-refractivity contribution in [3.8, 4) is 10.6 Å². The molecule has 2 aromatic rings. The molecular weight excluding hydrogens is 274 g/mol. The minimum atomic E-state index is 0.213. The highest BCUT2D eigenvalue weighted by molar-refractivity contribution is 7.14. The van der Waals surface area contributed by atoms with Crippen LogP contribution in [0.25, 0.3) is 10.6 Å². The molecule has 1 fully saturated rings. The molecule has 0 aromatic carbocycles. The molecule has 1 aliphatic heterocycles. The molecule has 2 aromatic heterocycles. The van der Waals surface area contributed by atoms with E-state index in [0.29, 0.717) is 0 Å². The molecule has 1 N–H and O–H groups in total. The van der Waals surface area contributed by atoms with E-state index in [-0.39, 0.29) is 5.54 Å². The van der Waals surface area contributed by atoms with Crippen molar-refractivity contribution in [2.24, 2.45) is 0 Å². The first-order valence-corrected chi connectivity index (χ1v) is 8.39. The van der Waals surface area contributed by atoms with Crippen LogP contribution >= 0.6 is 22.7 Å². The average Bonchev–Trinajstić information content (AvgIpc) is 2.96. The first-order chi connectivity index (χ1) is 9.12. The van der Waals surface area contributed by atoms with E-state index in [1.54, 1.807) is 22.7 Å². The number of thiazole rings is 1. The molecule has 5 heteroatoms. The molecule has 0 amide bonds. The van der Waals surface area contributed by atoms with Crippen LogP contribution in [0.5, 0.6) is 0 Å². The molecule has 19 heavy (non-hydrogen) atoms. The van der Waals surface area contributed by atoms with Gasteiger partial charge < -0.3 is 5.32 Å². The molecule has 0 unspecified atom stereocenters. The van der Waals surface area contributed by atoms with E-state index < -0.39 is 0 Å². The molecule has 1 aliphatic rings. The predicted molar refractivity (Wildman–Crippen MR) is 82.8 cm³/mol. The predicted octanol–water partition coefficient (Wildman–Crippen LogP) is 3.06. The SMILES string of the molecule is CC1(C)CN(Cc2csc(-c3ccsc3)n2)CCN1. The van der Waals surface area contributed by atoms with Crippen molar-refractivity contribution in [1.29, 1.82) is 0 Å². The van der Waals surface area contributed by atoms with Gasteiger partial charge in [-0.1, -0.05) is 0 Å². The van der Waals surface area contributed by atoms with Crippen LogP contribution in [0.1, 0.15) is 19.5 Å². The Bertz CT molecular complexity index is 531. The lowest BCUT2D eigenvalue weighted by atomic mass is 10.0. The summed E-state index contributed by atoms with van der Waals surface area (Å²) in [5, 5.41) is 11.2. The summed E-state index contributed by atoms with van der Waals surface area (Å²) in [6, 6.07) is 2.14. The van der Waals surface area contributed by atoms with Crippen LogP contribution in [0.15, 0.2) is 22.2 Å². The van der Waals surface area contributed by atoms with Crippen LogP contribution < -0.4 is 5.32 Å². The number of hydrogen-bond donors (Lipinski definition) is 1. The third-order valence-electron chi connectivity index (χ3n) is 3.36. The molecule has 3 nitrogen and oxygen atoms in total. The quantitative estimate of drug-likeness (QED) is 0.943. The summed E-state index contributed by atoms with van der Waals surface area (Å²) in [6.45, 7) is 8.74. The summed E-state index contributed by atoms with van der Waals surface area (Å²) in [5.74, 6) is 0. The number of hydrogen-bond acceptors (Lipinski definition) is 5. The highest BCUT2D eigenvalue weighted by atomic mass is 32.1. The Hall–Kier alpha value is -0.750. The molecule has 0 aliphatic carbocycles. The van der Waals surface area contributed by atoms with Gasteiger partial charge in [0, 0.05) is 48.0 Å². The number of rotatable bonds is 3. The van der Waals surface area contributed by atoms with Crippen molar-refractivity contribution < 1.29 is 0 Å². The third-order valence-corrected chi connectivity index (χ3v) is 4.98. The Morgan fingerprint density at radius 3 is 3.05 bits per heavy atom. The van der Waals surface area contributed by atoms with E-state index in [2.05, 4.69) is 46.3 Å². The lowest BCUT2D eigenvalue weighted by Crippen LogP contribution is -2.56. The smallest absolute Gasteiger partial charge is 0.124 e. The first-order valence-electron chi connectivity index (χ1n) is 6.57. The van der Waals surface area contributed by atoms with Gasteiger partial charge in [-0.2, -0.15) is 11.3 Å². The lowest BCUT2D eigenvalue weighted by Gasteiger charge is -2.38. The van der Waals surface area contributed by atoms with Crippen LogP contribution in [0, 0.1) is 0 Å². The molecule has 0 spiro atoms. The summed E-state index contributed by atoms with van der Waals surface area (Å²) >= 11 is 3.48. The summed E-state index contributed by atoms with van der Waals surface area (Å²) in [7, 11) is 0. The lowest BCUT2D eigenvalue weighted by molar-refractivity contribution is 0.147. The van der Waals surface area contributed by atoms with Gasteiger partial charge in [0.1, 0.15) is 5.01 Å². The molecule has 3 rings (SSSR count). The van der Waals surface area contributed by atoms with Gasteiger partial charge in [-0.15, -0.1) is 11.3 Å². The van der Waals surface area contributed by atoms with Crippen molar-refractivity contribution in [2.75, 3.05) is 19.6 Å². The third kappa shape index (κ3) is 3.23. The zero-order valence-electron chi connectivity index (χ0n) is 11.3. The summed E-state index contributed by atoms with van der Waals surface area (Å²) in [4.78, 5) is 7.25. The van der Waals surface area contributed by atoms with Gasteiger partial charge >= 0.3 is 0 Å². The second-order valence-corrected chi connectivity index (χ2v) is 7.32. The maximum absolute atomic E-state index is 4.76. The molecule has 0 bridgehead atoms. The van der Waals surface area contributed by atoms with E-state index in [9.17, 15) is 0 Å². The zero-order chi connectivity index (χ0) is 13.3. The van der Waals surface area contributed by atoms with Gasteiger partial charge in [-0.25, -0.2) is 4.98 Å². The van der Waals surface area contributed by atoms with E-state index >= 15 is 0 Å². The molecule has 3 heterocycles. The fraction of sp³-hybridized carbons (Fsp3) is 0.500. The monoisotopic (exact) mass is 293 g/mol. The standard InChI is InChI=1S/C14H19N3S2/c1-14(2)10-17(5-4-15-14)7-12-9-19-13(16-12)11-3-6-18-8-11/h3,6,8-9,15H,4-5,7,10H2,1-2H3. The zero-order valence-corrected chi connectivity index (χ0v) is 13.0. The Balaban J connectivity index is 1.67. The van der Waals surface area contributed by atoms with Crippen LogP contribution in [0.2, 0.25) is 0 Å². The Labute approximate surface area is 122 Å². The van der Waals surface area contributed by atoms with Crippen LogP contribution in [-0.4, -0.2) is 35.1 Å². The Kier molecular flexibility index (Phi) is 3.71. The van der Waals surface area contributed by atoms with Crippen molar-refractivity contribution in [3.63, 3.8) is 0 Å². The van der Waals surface area contributed by atoms with E-state index in [0.717, 1.165) is 31.2 Å². The molecule has 0 saturated carbocycles. The maximum atomic E-state index is 4.76. The maximum Gasteiger partial charge on any atom is 0.124 e. The van der Waals surface area contributed by atoms with Crippen molar-refractivity contribution in [2.45, 2.75) is 25.9 Å². The van der Waals surface area contributed by atoms with Crippen molar-refractivity contribution >= 4 is 22.7 Å². The van der Waals surface area contributed by atoms with Crippen molar-refractivity contribution in [3.05, 3.63) is 27.9 Å². The highest BCUT2D eigenvalue weighted by Gasteiger charge is 2.25. The Morgan fingerprint density at radius 2 is 2.32 bits per heavy atom. The van der Waals surface area contributed by atoms with Crippen molar-refractivity contribution in [1.82, 2.24) is 15.2 Å². The van der Waals surface area contributed by atoms with Gasteiger partial charge in [-0.3, -0.25) is 4.90 Å². The van der Waals surface area contributed by atoms with E-state index in [1.807, 2.05) is 0 Å². The topological polar surface area (TPSA) is 28.2 Å². The number of nitrogens with zero attached hydrogens (tertiary/aromatic N) is 2. The number of nitrogens with one attached hydrogen (secondary N) is 1. The molecular formula is C14H19N3S2. The fourth-order valence-corrected chi connectivity index (χ4v) is 4.03. The largest absolute Gasteiger partial charge is 0.309 e. The summed E-state index contributed by atoms with van der Waals surface area (Å²) in [5.41, 5.74) is 2.66. The number of piperazine rings is 1.